The zero-order valence-corrected chi connectivity index (χ0v) is 9.59. The quantitative estimate of drug-likeness (QED) is 0.652. The highest BCUT2D eigenvalue weighted by molar-refractivity contribution is 5.85. The summed E-state index contributed by atoms with van der Waals surface area (Å²) < 4.78 is 0. The summed E-state index contributed by atoms with van der Waals surface area (Å²) in [6.07, 6.45) is 6.32. The zero-order valence-electron chi connectivity index (χ0n) is 8.77. The molecule has 1 amide bonds. The highest BCUT2D eigenvalue weighted by atomic mass is 35.5. The molecule has 1 aromatic heterocycles. The van der Waals surface area contributed by atoms with Gasteiger partial charge in [-0.3, -0.25) is 15.2 Å². The molecule has 0 radical (unpaired) electrons. The number of rotatable bonds is 4. The van der Waals surface area contributed by atoms with Gasteiger partial charge in [-0.25, -0.2) is 0 Å². The van der Waals surface area contributed by atoms with E-state index in [0.29, 0.717) is 6.54 Å². The lowest BCUT2D eigenvalue weighted by Crippen LogP contribution is -2.41. The molecule has 0 saturated heterocycles. The van der Waals surface area contributed by atoms with Crippen LogP contribution in [0.3, 0.4) is 0 Å². The molecule has 88 valence electrons. The summed E-state index contributed by atoms with van der Waals surface area (Å²) in [4.78, 5) is 11.5. The topological polar surface area (TPSA) is 69.8 Å². The standard InChI is InChI=1S/C10H14N4O.ClH/c15-10(9-2-1-5-11-9)12-6-3-8-4-7-13-14-8;/h1-2,4,7,9,11H,3,5-6H2,(H,12,15)(H,13,14);1H. The Labute approximate surface area is 100 Å². The second-order valence-corrected chi connectivity index (χ2v) is 3.44. The van der Waals surface area contributed by atoms with Crippen LogP contribution in [0.2, 0.25) is 0 Å². The predicted octanol–water partition coefficient (Wildman–Crippen LogP) is 0.0182. The minimum absolute atomic E-state index is 0. The number of H-pyrrole nitrogens is 1. The Kier molecular flexibility index (Phi) is 5.01. The molecule has 0 saturated carbocycles. The van der Waals surface area contributed by atoms with Crippen molar-refractivity contribution in [2.24, 2.45) is 0 Å². The molecule has 0 aromatic carbocycles. The first-order chi connectivity index (χ1) is 7.36. The Hall–Kier alpha value is -1.33. The van der Waals surface area contributed by atoms with Crippen LogP contribution in [0.4, 0.5) is 0 Å². The molecule has 1 aliphatic rings. The Morgan fingerprint density at radius 1 is 1.62 bits per heavy atom. The third kappa shape index (κ3) is 3.36. The number of hydrogen-bond donors (Lipinski definition) is 3. The second kappa shape index (κ2) is 6.30. The van der Waals surface area contributed by atoms with Crippen LogP contribution in [0.25, 0.3) is 0 Å². The molecule has 1 aromatic rings. The van der Waals surface area contributed by atoms with Crippen molar-refractivity contribution in [3.05, 3.63) is 30.1 Å². The van der Waals surface area contributed by atoms with Crippen molar-refractivity contribution in [2.75, 3.05) is 13.1 Å². The Bertz CT molecular complexity index is 350. The van der Waals surface area contributed by atoms with Gasteiger partial charge < -0.3 is 5.32 Å². The third-order valence-electron chi connectivity index (χ3n) is 2.32. The molecule has 0 spiro atoms. The van der Waals surface area contributed by atoms with E-state index in [1.165, 1.54) is 0 Å². The summed E-state index contributed by atoms with van der Waals surface area (Å²) in [5.41, 5.74) is 1.03. The minimum atomic E-state index is -0.160. The summed E-state index contributed by atoms with van der Waals surface area (Å²) in [5, 5.41) is 12.6. The number of halogens is 1. The Morgan fingerprint density at radius 3 is 3.12 bits per heavy atom. The first-order valence-corrected chi connectivity index (χ1v) is 5.02. The van der Waals surface area contributed by atoms with Crippen LogP contribution in [0.15, 0.2) is 24.4 Å². The summed E-state index contributed by atoms with van der Waals surface area (Å²) in [6.45, 7) is 1.41. The third-order valence-corrected chi connectivity index (χ3v) is 2.32. The number of aromatic nitrogens is 2. The zero-order chi connectivity index (χ0) is 10.5. The Balaban J connectivity index is 0.00000128. The van der Waals surface area contributed by atoms with E-state index in [1.54, 1.807) is 6.20 Å². The molecule has 1 unspecified atom stereocenters. The molecule has 0 aliphatic carbocycles. The monoisotopic (exact) mass is 242 g/mol. The maximum absolute atomic E-state index is 11.5. The lowest BCUT2D eigenvalue weighted by molar-refractivity contribution is -0.121. The smallest absolute Gasteiger partial charge is 0.241 e. The van der Waals surface area contributed by atoms with Crippen molar-refractivity contribution in [3.63, 3.8) is 0 Å². The summed E-state index contributed by atoms with van der Waals surface area (Å²) in [7, 11) is 0. The van der Waals surface area contributed by atoms with Gasteiger partial charge in [-0.2, -0.15) is 5.10 Å². The largest absolute Gasteiger partial charge is 0.354 e. The highest BCUT2D eigenvalue weighted by Gasteiger charge is 2.16. The predicted molar refractivity (Wildman–Crippen MR) is 63.5 cm³/mol. The van der Waals surface area contributed by atoms with Gasteiger partial charge in [0, 0.05) is 31.4 Å². The lowest BCUT2D eigenvalue weighted by Gasteiger charge is -2.09. The van der Waals surface area contributed by atoms with Gasteiger partial charge in [0.25, 0.3) is 0 Å². The molecular weight excluding hydrogens is 228 g/mol. The van der Waals surface area contributed by atoms with Gasteiger partial charge in [0.2, 0.25) is 5.91 Å². The van der Waals surface area contributed by atoms with Crippen LogP contribution < -0.4 is 10.6 Å². The molecule has 2 heterocycles. The van der Waals surface area contributed by atoms with Gasteiger partial charge >= 0.3 is 0 Å². The van der Waals surface area contributed by atoms with Crippen molar-refractivity contribution >= 4 is 18.3 Å². The number of carbonyl (C=O) groups excluding carboxylic acids is 1. The summed E-state index contributed by atoms with van der Waals surface area (Å²) >= 11 is 0. The molecule has 2 rings (SSSR count). The van der Waals surface area contributed by atoms with Crippen LogP contribution in [0.5, 0.6) is 0 Å². The minimum Gasteiger partial charge on any atom is -0.354 e. The molecule has 0 bridgehead atoms. The van der Waals surface area contributed by atoms with Crippen molar-refractivity contribution in [3.8, 4) is 0 Å². The number of hydrogen-bond acceptors (Lipinski definition) is 3. The van der Waals surface area contributed by atoms with Crippen LogP contribution >= 0.6 is 12.4 Å². The average molecular weight is 243 g/mol. The number of nitrogens with zero attached hydrogens (tertiary/aromatic N) is 1. The van der Waals surface area contributed by atoms with E-state index in [0.717, 1.165) is 18.7 Å². The number of amides is 1. The van der Waals surface area contributed by atoms with Crippen molar-refractivity contribution < 1.29 is 4.79 Å². The normalized spacial score (nSPS) is 18.1. The van der Waals surface area contributed by atoms with Crippen LogP contribution in [0, 0.1) is 0 Å². The van der Waals surface area contributed by atoms with Crippen molar-refractivity contribution in [1.29, 1.82) is 0 Å². The van der Waals surface area contributed by atoms with E-state index in [9.17, 15) is 4.79 Å². The van der Waals surface area contributed by atoms with Gasteiger partial charge in [0.1, 0.15) is 6.04 Å². The van der Waals surface area contributed by atoms with E-state index in [1.807, 2.05) is 18.2 Å². The fourth-order valence-corrected chi connectivity index (χ4v) is 1.50. The molecule has 3 N–H and O–H groups in total. The lowest BCUT2D eigenvalue weighted by atomic mass is 10.2. The molecule has 16 heavy (non-hydrogen) atoms. The Morgan fingerprint density at radius 2 is 2.50 bits per heavy atom. The van der Waals surface area contributed by atoms with Crippen LogP contribution in [-0.2, 0) is 11.2 Å². The fourth-order valence-electron chi connectivity index (χ4n) is 1.50. The van der Waals surface area contributed by atoms with Crippen molar-refractivity contribution in [1.82, 2.24) is 20.8 Å². The van der Waals surface area contributed by atoms with E-state index < -0.39 is 0 Å². The maximum atomic E-state index is 11.5. The van der Waals surface area contributed by atoms with E-state index in [2.05, 4.69) is 20.8 Å². The molecule has 6 heteroatoms. The molecule has 1 aliphatic heterocycles. The van der Waals surface area contributed by atoms with E-state index in [-0.39, 0.29) is 24.4 Å². The van der Waals surface area contributed by atoms with Crippen LogP contribution in [0.1, 0.15) is 5.69 Å². The van der Waals surface area contributed by atoms with E-state index >= 15 is 0 Å². The van der Waals surface area contributed by atoms with Gasteiger partial charge in [-0.05, 0) is 6.07 Å². The second-order valence-electron chi connectivity index (χ2n) is 3.44. The number of carbonyl (C=O) groups is 1. The van der Waals surface area contributed by atoms with Gasteiger partial charge in [0.15, 0.2) is 0 Å². The average Bonchev–Trinajstić information content (AvgIpc) is 2.90. The molecular formula is C10H15ClN4O. The summed E-state index contributed by atoms with van der Waals surface area (Å²) in [5.74, 6) is 0.0308. The first-order valence-electron chi connectivity index (χ1n) is 5.02. The first kappa shape index (κ1) is 12.7. The highest BCUT2D eigenvalue weighted by Crippen LogP contribution is 1.95. The van der Waals surface area contributed by atoms with Crippen molar-refractivity contribution in [2.45, 2.75) is 12.5 Å². The van der Waals surface area contributed by atoms with Gasteiger partial charge in [-0.1, -0.05) is 12.2 Å². The molecule has 5 nitrogen and oxygen atoms in total. The molecule has 0 fully saturated rings. The molecule has 1 atom stereocenters. The van der Waals surface area contributed by atoms with E-state index in [4.69, 9.17) is 0 Å². The summed E-state index contributed by atoms with van der Waals surface area (Å²) in [6, 6.07) is 1.74. The number of nitrogens with one attached hydrogen (secondary N) is 3. The number of aromatic amines is 1. The SMILES string of the molecule is Cl.O=C(NCCc1ccn[nH]1)C1C=CCN1. The maximum Gasteiger partial charge on any atom is 0.241 e. The van der Waals surface area contributed by atoms with Gasteiger partial charge in [0.05, 0.1) is 0 Å². The van der Waals surface area contributed by atoms with Gasteiger partial charge in [-0.15, -0.1) is 12.4 Å². The fraction of sp³-hybridized carbons (Fsp3) is 0.400. The van der Waals surface area contributed by atoms with Crippen LogP contribution in [-0.4, -0.2) is 35.2 Å².